The maximum Gasteiger partial charge on any atom is 0.298 e. The fourth-order valence-electron chi connectivity index (χ4n) is 1.84. The summed E-state index contributed by atoms with van der Waals surface area (Å²) in [4.78, 5) is 13.4. The molecule has 100 valence electrons. The van der Waals surface area contributed by atoms with E-state index in [9.17, 15) is 4.79 Å². The number of amides is 1. The lowest BCUT2D eigenvalue weighted by Gasteiger charge is -2.10. The third kappa shape index (κ3) is 2.36. The zero-order chi connectivity index (χ0) is 13.2. The van der Waals surface area contributed by atoms with Gasteiger partial charge in [-0.3, -0.25) is 9.69 Å². The lowest BCUT2D eigenvalue weighted by Crippen LogP contribution is -2.25. The Balaban J connectivity index is 1.76. The number of hydrogen-bond acceptors (Lipinski definition) is 7. The number of rotatable bonds is 3. The maximum atomic E-state index is 12.0. The number of carbonyl (C=O) groups excluding carboxylic acids is 1. The van der Waals surface area contributed by atoms with E-state index in [0.29, 0.717) is 5.13 Å². The maximum absolute atomic E-state index is 12.0. The van der Waals surface area contributed by atoms with E-state index in [1.54, 1.807) is 7.05 Å². The van der Waals surface area contributed by atoms with Gasteiger partial charge in [0.2, 0.25) is 10.9 Å². The molecular formula is C11H12N4O3S. The van der Waals surface area contributed by atoms with Crippen LogP contribution in [0.15, 0.2) is 16.8 Å². The van der Waals surface area contributed by atoms with Gasteiger partial charge in [-0.25, -0.2) is 0 Å². The van der Waals surface area contributed by atoms with Gasteiger partial charge < -0.3 is 9.26 Å². The van der Waals surface area contributed by atoms with Crippen molar-refractivity contribution >= 4 is 22.4 Å². The van der Waals surface area contributed by atoms with Crippen LogP contribution in [0.1, 0.15) is 34.5 Å². The molecule has 19 heavy (non-hydrogen) atoms. The Bertz CT molecular complexity index is 562. The first-order chi connectivity index (χ1) is 9.25. The Labute approximate surface area is 113 Å². The van der Waals surface area contributed by atoms with E-state index in [4.69, 9.17) is 9.26 Å². The number of nitrogens with zero attached hydrogens (tertiary/aromatic N) is 4. The van der Waals surface area contributed by atoms with Crippen LogP contribution in [0.2, 0.25) is 0 Å². The first kappa shape index (κ1) is 12.2. The molecular weight excluding hydrogens is 268 g/mol. The normalized spacial score (nSPS) is 18.7. The summed E-state index contributed by atoms with van der Waals surface area (Å²) in [5.74, 6) is -0.121. The summed E-state index contributed by atoms with van der Waals surface area (Å²) < 4.78 is 10.4. The van der Waals surface area contributed by atoms with E-state index in [-0.39, 0.29) is 17.8 Å². The van der Waals surface area contributed by atoms with Crippen LogP contribution >= 0.6 is 11.3 Å². The summed E-state index contributed by atoms with van der Waals surface area (Å²) in [5.41, 5.74) is 0. The van der Waals surface area contributed by atoms with Crippen LogP contribution in [0.5, 0.6) is 0 Å². The predicted molar refractivity (Wildman–Crippen MR) is 67.1 cm³/mol. The number of ether oxygens (including phenoxy) is 1. The molecule has 1 unspecified atom stereocenters. The molecule has 1 amide bonds. The summed E-state index contributed by atoms with van der Waals surface area (Å²) in [7, 11) is 1.63. The summed E-state index contributed by atoms with van der Waals surface area (Å²) >= 11 is 1.36. The van der Waals surface area contributed by atoms with Crippen LogP contribution in [0.4, 0.5) is 5.13 Å². The van der Waals surface area contributed by atoms with Gasteiger partial charge in [-0.1, -0.05) is 16.5 Å². The number of carbonyl (C=O) groups is 1. The second-order valence-corrected chi connectivity index (χ2v) is 5.15. The van der Waals surface area contributed by atoms with Gasteiger partial charge in [0.05, 0.1) is 6.20 Å². The van der Waals surface area contributed by atoms with Gasteiger partial charge in [-0.15, -0.1) is 10.2 Å². The second-order valence-electron chi connectivity index (χ2n) is 4.17. The number of aromatic nitrogens is 3. The Morgan fingerprint density at radius 3 is 3.11 bits per heavy atom. The largest absolute Gasteiger partial charge is 0.371 e. The zero-order valence-electron chi connectivity index (χ0n) is 10.3. The quantitative estimate of drug-likeness (QED) is 0.850. The number of anilines is 1. The van der Waals surface area contributed by atoms with Crippen LogP contribution in [0, 0.1) is 0 Å². The molecule has 1 aliphatic heterocycles. The van der Waals surface area contributed by atoms with E-state index >= 15 is 0 Å². The standard InChI is InChI=1S/C11H12N4O3S/c1-15(10(16)8-4-5-12-18-8)11-14-13-9(19-11)7-3-2-6-17-7/h4-5,7H,2-3,6H2,1H3. The van der Waals surface area contributed by atoms with Crippen LogP contribution in [-0.2, 0) is 4.74 Å². The van der Waals surface area contributed by atoms with Crippen LogP contribution in [0.25, 0.3) is 0 Å². The molecule has 7 nitrogen and oxygen atoms in total. The highest BCUT2D eigenvalue weighted by atomic mass is 32.1. The van der Waals surface area contributed by atoms with Gasteiger partial charge in [-0.2, -0.15) is 0 Å². The molecule has 1 aliphatic rings. The van der Waals surface area contributed by atoms with Crippen molar-refractivity contribution < 1.29 is 14.1 Å². The highest BCUT2D eigenvalue weighted by Gasteiger charge is 2.25. The van der Waals surface area contributed by atoms with Crippen LogP contribution in [0.3, 0.4) is 0 Å². The van der Waals surface area contributed by atoms with Crippen LogP contribution < -0.4 is 4.90 Å². The third-order valence-electron chi connectivity index (χ3n) is 2.88. The Morgan fingerprint density at radius 1 is 1.53 bits per heavy atom. The lowest BCUT2D eigenvalue weighted by molar-refractivity contribution is 0.0957. The van der Waals surface area contributed by atoms with Crippen molar-refractivity contribution in [3.63, 3.8) is 0 Å². The molecule has 0 aliphatic carbocycles. The van der Waals surface area contributed by atoms with Crippen molar-refractivity contribution in [3.05, 3.63) is 23.0 Å². The average Bonchev–Trinajstić information content (AvgIpc) is 3.16. The zero-order valence-corrected chi connectivity index (χ0v) is 11.1. The summed E-state index contributed by atoms with van der Waals surface area (Å²) in [6, 6.07) is 1.51. The van der Waals surface area contributed by atoms with Gasteiger partial charge in [0.1, 0.15) is 11.1 Å². The molecule has 2 aromatic rings. The van der Waals surface area contributed by atoms with Crippen molar-refractivity contribution in [1.29, 1.82) is 0 Å². The average molecular weight is 280 g/mol. The molecule has 0 bridgehead atoms. The highest BCUT2D eigenvalue weighted by molar-refractivity contribution is 7.15. The van der Waals surface area contributed by atoms with Gasteiger partial charge in [-0.05, 0) is 12.8 Å². The van der Waals surface area contributed by atoms with E-state index < -0.39 is 0 Å². The molecule has 0 spiro atoms. The fourth-order valence-corrected chi connectivity index (χ4v) is 2.73. The van der Waals surface area contributed by atoms with Crippen molar-refractivity contribution in [2.75, 3.05) is 18.6 Å². The highest BCUT2D eigenvalue weighted by Crippen LogP contribution is 2.33. The first-order valence-corrected chi connectivity index (χ1v) is 6.71. The molecule has 0 radical (unpaired) electrons. The second kappa shape index (κ2) is 5.06. The van der Waals surface area contributed by atoms with Crippen molar-refractivity contribution in [2.45, 2.75) is 18.9 Å². The van der Waals surface area contributed by atoms with Crippen molar-refractivity contribution in [2.24, 2.45) is 0 Å². The fraction of sp³-hybridized carbons (Fsp3) is 0.455. The van der Waals surface area contributed by atoms with Gasteiger partial charge in [0.25, 0.3) is 5.91 Å². The van der Waals surface area contributed by atoms with Gasteiger partial charge in [0, 0.05) is 19.7 Å². The molecule has 1 atom stereocenters. The van der Waals surface area contributed by atoms with Gasteiger partial charge in [0.15, 0.2) is 0 Å². The van der Waals surface area contributed by atoms with E-state index in [1.807, 2.05) is 0 Å². The Kier molecular flexibility index (Phi) is 3.26. The number of hydrogen-bond donors (Lipinski definition) is 0. The smallest absolute Gasteiger partial charge is 0.298 e. The predicted octanol–water partition coefficient (Wildman–Crippen LogP) is 1.65. The summed E-state index contributed by atoms with van der Waals surface area (Å²) in [6.07, 6.45) is 3.43. The van der Waals surface area contributed by atoms with Crippen molar-refractivity contribution in [1.82, 2.24) is 15.4 Å². The van der Waals surface area contributed by atoms with E-state index in [2.05, 4.69) is 15.4 Å². The minimum absolute atomic E-state index is 0.0139. The molecule has 1 fully saturated rings. The molecule has 8 heteroatoms. The molecule has 2 aromatic heterocycles. The molecule has 3 heterocycles. The molecule has 3 rings (SSSR count). The summed E-state index contributed by atoms with van der Waals surface area (Å²) in [6.45, 7) is 0.756. The van der Waals surface area contributed by atoms with Crippen LogP contribution in [-0.4, -0.2) is 34.9 Å². The third-order valence-corrected chi connectivity index (χ3v) is 3.97. The minimum atomic E-state index is -0.299. The minimum Gasteiger partial charge on any atom is -0.371 e. The SMILES string of the molecule is CN(C(=O)c1ccno1)c1nnc(C2CCCO2)s1. The lowest BCUT2D eigenvalue weighted by atomic mass is 10.2. The topological polar surface area (TPSA) is 81.4 Å². The molecule has 1 saturated heterocycles. The first-order valence-electron chi connectivity index (χ1n) is 5.89. The monoisotopic (exact) mass is 280 g/mol. The Morgan fingerprint density at radius 2 is 2.42 bits per heavy atom. The van der Waals surface area contributed by atoms with Crippen molar-refractivity contribution in [3.8, 4) is 0 Å². The van der Waals surface area contributed by atoms with E-state index in [0.717, 1.165) is 24.5 Å². The summed E-state index contributed by atoms with van der Waals surface area (Å²) in [5, 5.41) is 13.0. The van der Waals surface area contributed by atoms with E-state index in [1.165, 1.54) is 28.5 Å². The molecule has 0 N–H and O–H groups in total. The Hall–Kier alpha value is -1.80. The van der Waals surface area contributed by atoms with Gasteiger partial charge >= 0.3 is 0 Å². The molecule has 0 saturated carbocycles. The molecule has 0 aromatic carbocycles.